The summed E-state index contributed by atoms with van der Waals surface area (Å²) in [5.74, 6) is 1.57. The Bertz CT molecular complexity index is 521. The van der Waals surface area contributed by atoms with E-state index in [9.17, 15) is 0 Å². The Morgan fingerprint density at radius 2 is 2.00 bits per heavy atom. The Kier molecular flexibility index (Phi) is 4.65. The molecule has 104 valence electrons. The van der Waals surface area contributed by atoms with Crippen molar-refractivity contribution in [3.8, 4) is 0 Å². The van der Waals surface area contributed by atoms with Crippen molar-refractivity contribution in [1.82, 2.24) is 5.32 Å². The number of hydrogen-bond acceptors (Lipinski definition) is 2. The van der Waals surface area contributed by atoms with Crippen molar-refractivity contribution in [1.29, 1.82) is 0 Å². The second-order valence-electron chi connectivity index (χ2n) is 5.47. The van der Waals surface area contributed by atoms with E-state index < -0.39 is 0 Å². The van der Waals surface area contributed by atoms with Crippen molar-refractivity contribution in [2.45, 2.75) is 52.5 Å². The van der Waals surface area contributed by atoms with E-state index in [0.29, 0.717) is 12.0 Å². The van der Waals surface area contributed by atoms with Crippen LogP contribution in [0.5, 0.6) is 0 Å². The molecule has 0 aliphatic carbocycles. The van der Waals surface area contributed by atoms with Gasteiger partial charge in [-0.3, -0.25) is 0 Å². The fourth-order valence-corrected chi connectivity index (χ4v) is 2.61. The van der Waals surface area contributed by atoms with E-state index in [2.05, 4.69) is 57.3 Å². The first kappa shape index (κ1) is 14.1. The average Bonchev–Trinajstić information content (AvgIpc) is 2.81. The highest BCUT2D eigenvalue weighted by Crippen LogP contribution is 2.31. The van der Waals surface area contributed by atoms with E-state index >= 15 is 0 Å². The topological polar surface area (TPSA) is 25.2 Å². The maximum Gasteiger partial charge on any atom is 0.137 e. The van der Waals surface area contributed by atoms with Gasteiger partial charge in [0.1, 0.15) is 11.3 Å². The van der Waals surface area contributed by atoms with Crippen LogP contribution >= 0.6 is 0 Å². The molecular weight excluding hydrogens is 234 g/mol. The van der Waals surface area contributed by atoms with Gasteiger partial charge in [0.25, 0.3) is 0 Å². The zero-order valence-corrected chi connectivity index (χ0v) is 12.5. The number of hydrogen-bond donors (Lipinski definition) is 1. The van der Waals surface area contributed by atoms with Crippen LogP contribution in [0.2, 0.25) is 0 Å². The lowest BCUT2D eigenvalue weighted by Crippen LogP contribution is -2.20. The van der Waals surface area contributed by atoms with Crippen LogP contribution in [0.1, 0.15) is 63.8 Å². The first-order valence-electron chi connectivity index (χ1n) is 7.43. The lowest BCUT2D eigenvalue weighted by atomic mass is 10.0. The minimum Gasteiger partial charge on any atom is -0.459 e. The molecule has 2 nitrogen and oxygen atoms in total. The second kappa shape index (κ2) is 6.25. The summed E-state index contributed by atoms with van der Waals surface area (Å²) in [4.78, 5) is 0. The monoisotopic (exact) mass is 259 g/mol. The zero-order valence-electron chi connectivity index (χ0n) is 12.5. The molecule has 1 aromatic carbocycles. The van der Waals surface area contributed by atoms with Crippen molar-refractivity contribution in [2.75, 3.05) is 6.54 Å². The molecule has 1 N–H and O–H groups in total. The number of rotatable bonds is 6. The summed E-state index contributed by atoms with van der Waals surface area (Å²) in [6.07, 6.45) is 2.27. The summed E-state index contributed by atoms with van der Waals surface area (Å²) in [7, 11) is 0. The van der Waals surface area contributed by atoms with Gasteiger partial charge in [-0.05, 0) is 30.5 Å². The van der Waals surface area contributed by atoms with Crippen LogP contribution in [-0.4, -0.2) is 6.54 Å². The predicted octanol–water partition coefficient (Wildman–Crippen LogP) is 5.01. The lowest BCUT2D eigenvalue weighted by Gasteiger charge is -2.14. The molecule has 2 rings (SSSR count). The Labute approximate surface area is 116 Å². The highest BCUT2D eigenvalue weighted by molar-refractivity contribution is 5.81. The summed E-state index contributed by atoms with van der Waals surface area (Å²) < 4.78 is 6.17. The highest BCUT2D eigenvalue weighted by Gasteiger charge is 2.16. The summed E-state index contributed by atoms with van der Waals surface area (Å²) in [5.41, 5.74) is 2.36. The minimum absolute atomic E-state index is 0.336. The standard InChI is InChI=1S/C17H25NO/c1-5-8-15(18-6-2)16-11-13-9-7-10-14(12(3)4)17(13)19-16/h7,9-12,15,18H,5-6,8H2,1-4H3. The van der Waals surface area contributed by atoms with Gasteiger partial charge in [-0.2, -0.15) is 0 Å². The van der Waals surface area contributed by atoms with Crippen LogP contribution in [0.25, 0.3) is 11.0 Å². The van der Waals surface area contributed by atoms with Gasteiger partial charge in [-0.25, -0.2) is 0 Å². The first-order valence-corrected chi connectivity index (χ1v) is 7.43. The van der Waals surface area contributed by atoms with Crippen molar-refractivity contribution in [3.05, 3.63) is 35.6 Å². The number of fused-ring (bicyclic) bond motifs is 1. The molecule has 0 aliphatic heterocycles. The third-order valence-electron chi connectivity index (χ3n) is 3.59. The van der Waals surface area contributed by atoms with Gasteiger partial charge >= 0.3 is 0 Å². The SMILES string of the molecule is CCCC(NCC)c1cc2cccc(C(C)C)c2o1. The zero-order chi connectivity index (χ0) is 13.8. The van der Waals surface area contributed by atoms with E-state index in [1.54, 1.807) is 0 Å². The van der Waals surface area contributed by atoms with Crippen molar-refractivity contribution in [2.24, 2.45) is 0 Å². The predicted molar refractivity (Wildman–Crippen MR) is 81.6 cm³/mol. The molecule has 1 heterocycles. The van der Waals surface area contributed by atoms with Gasteiger partial charge < -0.3 is 9.73 Å². The normalized spacial score (nSPS) is 13.3. The number of nitrogens with one attached hydrogen (secondary N) is 1. The van der Waals surface area contributed by atoms with E-state index in [-0.39, 0.29) is 0 Å². The third kappa shape index (κ3) is 3.01. The maximum absolute atomic E-state index is 6.17. The molecule has 2 heteroatoms. The molecule has 19 heavy (non-hydrogen) atoms. The molecule has 0 amide bonds. The molecule has 0 radical (unpaired) electrons. The Balaban J connectivity index is 2.42. The molecule has 2 aromatic rings. The molecule has 1 aromatic heterocycles. The number of benzene rings is 1. The number of para-hydroxylation sites is 1. The molecular formula is C17H25NO. The van der Waals surface area contributed by atoms with Crippen LogP contribution in [0.15, 0.2) is 28.7 Å². The van der Waals surface area contributed by atoms with Gasteiger partial charge in [-0.15, -0.1) is 0 Å². The molecule has 0 fully saturated rings. The summed E-state index contributed by atoms with van der Waals surface area (Å²) in [6, 6.07) is 8.97. The Morgan fingerprint density at radius 1 is 1.21 bits per heavy atom. The maximum atomic E-state index is 6.17. The molecule has 1 atom stereocenters. The van der Waals surface area contributed by atoms with Gasteiger partial charge in [0.2, 0.25) is 0 Å². The molecule has 0 bridgehead atoms. The van der Waals surface area contributed by atoms with Gasteiger partial charge in [-0.1, -0.05) is 52.3 Å². The number of furan rings is 1. The van der Waals surface area contributed by atoms with Gasteiger partial charge in [0, 0.05) is 5.39 Å². The van der Waals surface area contributed by atoms with E-state index in [0.717, 1.165) is 30.7 Å². The fourth-order valence-electron chi connectivity index (χ4n) is 2.61. The van der Waals surface area contributed by atoms with E-state index in [1.807, 2.05) is 0 Å². The smallest absolute Gasteiger partial charge is 0.137 e. The van der Waals surface area contributed by atoms with Gasteiger partial charge in [0.15, 0.2) is 0 Å². The van der Waals surface area contributed by atoms with Crippen molar-refractivity contribution in [3.63, 3.8) is 0 Å². The second-order valence-corrected chi connectivity index (χ2v) is 5.47. The van der Waals surface area contributed by atoms with Crippen molar-refractivity contribution < 1.29 is 4.42 Å². The molecule has 0 saturated heterocycles. The lowest BCUT2D eigenvalue weighted by molar-refractivity contribution is 0.413. The Morgan fingerprint density at radius 3 is 2.63 bits per heavy atom. The summed E-state index contributed by atoms with van der Waals surface area (Å²) >= 11 is 0. The average molecular weight is 259 g/mol. The summed E-state index contributed by atoms with van der Waals surface area (Å²) in [5, 5.41) is 4.74. The van der Waals surface area contributed by atoms with Crippen LogP contribution in [0.4, 0.5) is 0 Å². The van der Waals surface area contributed by atoms with Crippen LogP contribution in [-0.2, 0) is 0 Å². The van der Waals surface area contributed by atoms with E-state index in [1.165, 1.54) is 10.9 Å². The van der Waals surface area contributed by atoms with Gasteiger partial charge in [0.05, 0.1) is 6.04 Å². The fraction of sp³-hybridized carbons (Fsp3) is 0.529. The van der Waals surface area contributed by atoms with Crippen molar-refractivity contribution >= 4 is 11.0 Å². The molecule has 0 spiro atoms. The van der Waals surface area contributed by atoms with Crippen LogP contribution in [0.3, 0.4) is 0 Å². The van der Waals surface area contributed by atoms with Crippen LogP contribution < -0.4 is 5.32 Å². The van der Waals surface area contributed by atoms with E-state index in [4.69, 9.17) is 4.42 Å². The highest BCUT2D eigenvalue weighted by atomic mass is 16.3. The third-order valence-corrected chi connectivity index (χ3v) is 3.59. The quantitative estimate of drug-likeness (QED) is 0.789. The summed E-state index contributed by atoms with van der Waals surface area (Å²) in [6.45, 7) is 9.76. The van der Waals surface area contributed by atoms with Crippen LogP contribution in [0, 0.1) is 0 Å². The molecule has 1 unspecified atom stereocenters. The minimum atomic E-state index is 0.336. The molecule has 0 aliphatic rings. The Hall–Kier alpha value is -1.28. The largest absolute Gasteiger partial charge is 0.459 e. The molecule has 0 saturated carbocycles. The first-order chi connectivity index (χ1) is 9.17.